The number of hydrogen-bond acceptors (Lipinski definition) is 4. The van der Waals surface area contributed by atoms with Gasteiger partial charge in [0.2, 0.25) is 7.37 Å². The molecule has 0 radical (unpaired) electrons. The molecule has 0 aromatic heterocycles. The van der Waals surface area contributed by atoms with Crippen molar-refractivity contribution >= 4 is 7.37 Å². The van der Waals surface area contributed by atoms with Gasteiger partial charge in [-0.05, 0) is 7.05 Å². The smallest absolute Gasteiger partial charge is 0.205 e. The fourth-order valence-electron chi connectivity index (χ4n) is 0.424. The zero-order valence-corrected chi connectivity index (χ0v) is 7.50. The van der Waals surface area contributed by atoms with Crippen LogP contribution in [-0.4, -0.2) is 47.7 Å². The predicted molar refractivity (Wildman–Crippen MR) is 43.8 cm³/mol. The Hall–Kier alpha value is 0.0700. The van der Waals surface area contributed by atoms with Gasteiger partial charge in [-0.25, -0.2) is 0 Å². The highest BCUT2D eigenvalue weighted by Gasteiger charge is 2.15. The molecule has 0 fully saturated rings. The van der Waals surface area contributed by atoms with Gasteiger partial charge in [0.25, 0.3) is 0 Å². The highest BCUT2D eigenvalue weighted by molar-refractivity contribution is 7.58. The Balaban J connectivity index is 0. The summed E-state index contributed by atoms with van der Waals surface area (Å²) in [7, 11) is -1.69. The van der Waals surface area contributed by atoms with E-state index >= 15 is 0 Å². The molecule has 6 heteroatoms. The molecule has 0 saturated heterocycles. The normalized spacial score (nSPS) is 10.3. The lowest BCUT2D eigenvalue weighted by Gasteiger charge is -2.05. The van der Waals surface area contributed by atoms with Crippen molar-refractivity contribution in [2.45, 2.75) is 0 Å². The number of aliphatic hydroxyl groups is 2. The van der Waals surface area contributed by atoms with Gasteiger partial charge in [0.05, 0.1) is 13.2 Å². The second-order valence-electron chi connectivity index (χ2n) is 1.74. The van der Waals surface area contributed by atoms with E-state index in [4.69, 9.17) is 15.1 Å². The summed E-state index contributed by atoms with van der Waals surface area (Å²) < 4.78 is 10.6. The number of aliphatic hydroxyl groups excluding tert-OH is 2. The van der Waals surface area contributed by atoms with Crippen LogP contribution in [0.2, 0.25) is 0 Å². The molecule has 5 nitrogen and oxygen atoms in total. The van der Waals surface area contributed by atoms with Gasteiger partial charge in [-0.1, -0.05) is 0 Å². The SMILES string of the molecule is CN.O=P(O)(CCO)CCO. The predicted octanol–water partition coefficient (Wildman–Crippen LogP) is -1.18. The topological polar surface area (TPSA) is 104 Å². The Morgan fingerprint density at radius 3 is 1.64 bits per heavy atom. The molecule has 70 valence electrons. The van der Waals surface area contributed by atoms with Crippen molar-refractivity contribution in [2.24, 2.45) is 5.73 Å². The minimum atomic E-state index is -3.19. The highest BCUT2D eigenvalue weighted by atomic mass is 31.2. The zero-order chi connectivity index (χ0) is 9.33. The van der Waals surface area contributed by atoms with Crippen LogP contribution in [-0.2, 0) is 4.57 Å². The summed E-state index contributed by atoms with van der Waals surface area (Å²) in [6, 6.07) is 0. The minimum absolute atomic E-state index is 0.117. The molecule has 0 rings (SSSR count). The standard InChI is InChI=1S/C4H11O4P.CH5N/c5-1-3-9(7,8)4-2-6;1-2/h5-6H,1-4H2,(H,7,8);2H2,1H3. The lowest BCUT2D eigenvalue weighted by molar-refractivity contribution is 0.303. The summed E-state index contributed by atoms with van der Waals surface area (Å²) in [5.41, 5.74) is 4.50. The average molecular weight is 185 g/mol. The summed E-state index contributed by atoms with van der Waals surface area (Å²) in [5.74, 6) is 0. The maximum absolute atomic E-state index is 10.6. The van der Waals surface area contributed by atoms with Gasteiger partial charge >= 0.3 is 0 Å². The maximum Gasteiger partial charge on any atom is 0.205 e. The molecule has 0 saturated carbocycles. The average Bonchev–Trinajstić information content (AvgIpc) is 1.91. The van der Waals surface area contributed by atoms with Crippen LogP contribution in [0.1, 0.15) is 0 Å². The second-order valence-corrected chi connectivity index (χ2v) is 4.33. The van der Waals surface area contributed by atoms with Crippen LogP contribution >= 0.6 is 7.37 Å². The molecule has 11 heavy (non-hydrogen) atoms. The first-order valence-corrected chi connectivity index (χ1v) is 5.25. The molecule has 0 bridgehead atoms. The van der Waals surface area contributed by atoms with Gasteiger partial charge in [0.15, 0.2) is 0 Å². The molecule has 5 N–H and O–H groups in total. The summed E-state index contributed by atoms with van der Waals surface area (Å²) in [6.45, 7) is -0.596. The third kappa shape index (κ3) is 10.1. The first kappa shape index (κ1) is 13.6. The maximum atomic E-state index is 10.6. The number of nitrogens with two attached hydrogens (primary N) is 1. The van der Waals surface area contributed by atoms with Gasteiger partial charge in [-0.2, -0.15) is 0 Å². The first-order chi connectivity index (χ1) is 5.12. The first-order valence-electron chi connectivity index (χ1n) is 3.22. The van der Waals surface area contributed by atoms with E-state index in [9.17, 15) is 4.57 Å². The Morgan fingerprint density at radius 2 is 1.45 bits per heavy atom. The Kier molecular flexibility index (Phi) is 10.1. The van der Waals surface area contributed by atoms with Crippen molar-refractivity contribution in [3.8, 4) is 0 Å². The molecule has 0 aliphatic rings. The van der Waals surface area contributed by atoms with Gasteiger partial charge in [0.1, 0.15) is 0 Å². The quantitative estimate of drug-likeness (QED) is 0.412. The highest BCUT2D eigenvalue weighted by Crippen LogP contribution is 2.38. The molecule has 0 aliphatic heterocycles. The van der Waals surface area contributed by atoms with Crippen LogP contribution in [0.3, 0.4) is 0 Å². The molecule has 0 aromatic carbocycles. The molecular formula is C5H16NO4P. The third-order valence-corrected chi connectivity index (χ3v) is 2.70. The molecule has 0 aromatic rings. The fourth-order valence-corrected chi connectivity index (χ4v) is 1.27. The van der Waals surface area contributed by atoms with E-state index < -0.39 is 7.37 Å². The van der Waals surface area contributed by atoms with E-state index in [1.807, 2.05) is 0 Å². The molecule has 0 atom stereocenters. The van der Waals surface area contributed by atoms with E-state index in [-0.39, 0.29) is 25.5 Å². The lowest BCUT2D eigenvalue weighted by atomic mass is 10.9. The van der Waals surface area contributed by atoms with Crippen LogP contribution in [0.5, 0.6) is 0 Å². The van der Waals surface area contributed by atoms with Crippen LogP contribution in [0.25, 0.3) is 0 Å². The van der Waals surface area contributed by atoms with E-state index in [1.165, 1.54) is 7.05 Å². The Morgan fingerprint density at radius 1 is 1.18 bits per heavy atom. The van der Waals surface area contributed by atoms with E-state index in [0.717, 1.165) is 0 Å². The van der Waals surface area contributed by atoms with Crippen molar-refractivity contribution < 1.29 is 19.7 Å². The largest absolute Gasteiger partial charge is 0.396 e. The van der Waals surface area contributed by atoms with Crippen molar-refractivity contribution in [1.29, 1.82) is 0 Å². The second kappa shape index (κ2) is 8.17. The van der Waals surface area contributed by atoms with E-state index in [0.29, 0.717) is 0 Å². The molecule has 0 heterocycles. The molecule has 0 amide bonds. The Bertz CT molecular complexity index is 109. The van der Waals surface area contributed by atoms with Crippen LogP contribution in [0, 0.1) is 0 Å². The van der Waals surface area contributed by atoms with Gasteiger partial charge in [-0.15, -0.1) is 0 Å². The fraction of sp³-hybridized carbons (Fsp3) is 1.00. The van der Waals surface area contributed by atoms with Crippen LogP contribution in [0.4, 0.5) is 0 Å². The van der Waals surface area contributed by atoms with Gasteiger partial charge in [0, 0.05) is 12.3 Å². The van der Waals surface area contributed by atoms with E-state index in [2.05, 4.69) is 5.73 Å². The lowest BCUT2D eigenvalue weighted by Crippen LogP contribution is -2.01. The Labute approximate surface area is 66.3 Å². The van der Waals surface area contributed by atoms with Crippen molar-refractivity contribution in [3.05, 3.63) is 0 Å². The summed E-state index contributed by atoms with van der Waals surface area (Å²) >= 11 is 0. The van der Waals surface area contributed by atoms with Gasteiger partial charge in [-0.3, -0.25) is 4.57 Å². The molecule has 0 aliphatic carbocycles. The van der Waals surface area contributed by atoms with Crippen molar-refractivity contribution in [2.75, 3.05) is 32.6 Å². The summed E-state index contributed by atoms with van der Waals surface area (Å²) in [4.78, 5) is 8.75. The third-order valence-electron chi connectivity index (χ3n) is 0.899. The number of rotatable bonds is 4. The van der Waals surface area contributed by atoms with Crippen molar-refractivity contribution in [1.82, 2.24) is 0 Å². The van der Waals surface area contributed by atoms with Crippen LogP contribution < -0.4 is 5.73 Å². The van der Waals surface area contributed by atoms with Crippen molar-refractivity contribution in [3.63, 3.8) is 0 Å². The number of hydrogen-bond donors (Lipinski definition) is 4. The summed E-state index contributed by atoms with van der Waals surface area (Å²) in [6.07, 6.45) is -0.235. The monoisotopic (exact) mass is 185 g/mol. The van der Waals surface area contributed by atoms with Gasteiger partial charge < -0.3 is 20.8 Å². The minimum Gasteiger partial charge on any atom is -0.396 e. The zero-order valence-electron chi connectivity index (χ0n) is 6.60. The summed E-state index contributed by atoms with van der Waals surface area (Å²) in [5, 5.41) is 16.4. The molecule has 0 unspecified atom stereocenters. The van der Waals surface area contributed by atoms with Crippen LogP contribution in [0.15, 0.2) is 0 Å². The molecular weight excluding hydrogens is 169 g/mol. The molecule has 0 spiro atoms. The van der Waals surface area contributed by atoms with E-state index in [1.54, 1.807) is 0 Å².